The van der Waals surface area contributed by atoms with E-state index in [0.717, 1.165) is 32.1 Å². The number of piperazine rings is 1. The summed E-state index contributed by atoms with van der Waals surface area (Å²) in [6.45, 7) is 5.25. The SMILES string of the molecule is Cc1ccc(C(=O)N2CCN(C(=O)C3CCCO3)CC2)cc1S(=O)(=O)N1CCCCC1. The first-order chi connectivity index (χ1) is 14.9. The highest BCUT2D eigenvalue weighted by Crippen LogP contribution is 2.25. The van der Waals surface area contributed by atoms with E-state index in [2.05, 4.69) is 0 Å². The number of benzene rings is 1. The maximum Gasteiger partial charge on any atom is 0.254 e. The average Bonchev–Trinajstić information content (AvgIpc) is 3.34. The number of hydrogen-bond donors (Lipinski definition) is 0. The van der Waals surface area contributed by atoms with Crippen LogP contribution >= 0.6 is 0 Å². The van der Waals surface area contributed by atoms with Crippen molar-refractivity contribution < 1.29 is 22.7 Å². The number of piperidine rings is 1. The lowest BCUT2D eigenvalue weighted by Gasteiger charge is -2.36. The minimum atomic E-state index is -3.61. The van der Waals surface area contributed by atoms with Crippen LogP contribution in [0.15, 0.2) is 23.1 Å². The first kappa shape index (κ1) is 22.2. The molecule has 9 heteroatoms. The molecule has 8 nitrogen and oxygen atoms in total. The van der Waals surface area contributed by atoms with Crippen molar-refractivity contribution in [1.29, 1.82) is 0 Å². The standard InChI is InChI=1S/C22H31N3O5S/c1-17-7-8-18(16-20(17)31(28,29)25-9-3-2-4-10-25)21(26)23-11-13-24(14-12-23)22(27)19-6-5-15-30-19/h7-8,16,19H,2-6,9-15H2,1H3. The largest absolute Gasteiger partial charge is 0.368 e. The van der Waals surface area contributed by atoms with E-state index in [1.54, 1.807) is 28.9 Å². The quantitative estimate of drug-likeness (QED) is 0.697. The van der Waals surface area contributed by atoms with Crippen molar-refractivity contribution in [3.63, 3.8) is 0 Å². The zero-order valence-corrected chi connectivity index (χ0v) is 18.9. The molecule has 1 atom stereocenters. The van der Waals surface area contributed by atoms with Gasteiger partial charge in [0.15, 0.2) is 0 Å². The van der Waals surface area contributed by atoms with Crippen LogP contribution in [0.25, 0.3) is 0 Å². The molecule has 0 spiro atoms. The number of sulfonamides is 1. The average molecular weight is 450 g/mol. The van der Waals surface area contributed by atoms with Crippen molar-refractivity contribution in [3.05, 3.63) is 29.3 Å². The summed E-state index contributed by atoms with van der Waals surface area (Å²) in [5.74, 6) is -0.186. The van der Waals surface area contributed by atoms with Crippen molar-refractivity contribution >= 4 is 21.8 Å². The Morgan fingerprint density at radius 1 is 0.935 bits per heavy atom. The zero-order chi connectivity index (χ0) is 22.0. The zero-order valence-electron chi connectivity index (χ0n) is 18.1. The Morgan fingerprint density at radius 2 is 1.61 bits per heavy atom. The highest BCUT2D eigenvalue weighted by Gasteiger charge is 2.32. The lowest BCUT2D eigenvalue weighted by molar-refractivity contribution is -0.142. The number of nitrogens with zero attached hydrogens (tertiary/aromatic N) is 3. The topological polar surface area (TPSA) is 87.2 Å². The van der Waals surface area contributed by atoms with E-state index in [1.807, 2.05) is 0 Å². The first-order valence-electron chi connectivity index (χ1n) is 11.2. The fourth-order valence-electron chi connectivity index (χ4n) is 4.54. The Balaban J connectivity index is 1.44. The van der Waals surface area contributed by atoms with Crippen LogP contribution in [-0.2, 0) is 19.6 Å². The molecule has 3 saturated heterocycles. The number of carbonyl (C=O) groups excluding carboxylic acids is 2. The van der Waals surface area contributed by atoms with Crippen molar-refractivity contribution in [3.8, 4) is 0 Å². The summed E-state index contributed by atoms with van der Waals surface area (Å²) in [6.07, 6.45) is 4.10. The van der Waals surface area contributed by atoms with Crippen LogP contribution in [-0.4, -0.2) is 86.3 Å². The summed E-state index contributed by atoms with van der Waals surface area (Å²) in [5, 5.41) is 0. The summed E-state index contributed by atoms with van der Waals surface area (Å²) in [4.78, 5) is 29.3. The lowest BCUT2D eigenvalue weighted by atomic mass is 10.1. The van der Waals surface area contributed by atoms with Crippen LogP contribution in [0, 0.1) is 6.92 Å². The third-order valence-corrected chi connectivity index (χ3v) is 8.49. The molecule has 1 aromatic rings. The molecule has 2 amide bonds. The third-order valence-electron chi connectivity index (χ3n) is 6.45. The van der Waals surface area contributed by atoms with E-state index in [1.165, 1.54) is 10.4 Å². The summed E-state index contributed by atoms with van der Waals surface area (Å²) >= 11 is 0. The van der Waals surface area contributed by atoms with E-state index in [-0.39, 0.29) is 22.8 Å². The van der Waals surface area contributed by atoms with Gasteiger partial charge in [-0.2, -0.15) is 4.31 Å². The monoisotopic (exact) mass is 449 g/mol. The van der Waals surface area contributed by atoms with Gasteiger partial charge in [-0.05, 0) is 50.3 Å². The minimum absolute atomic E-state index is 0.00912. The molecule has 3 aliphatic heterocycles. The van der Waals surface area contributed by atoms with Gasteiger partial charge in [0, 0.05) is 51.4 Å². The summed E-state index contributed by atoms with van der Waals surface area (Å²) in [5.41, 5.74) is 1.02. The normalized spacial score (nSPS) is 23.2. The number of hydrogen-bond acceptors (Lipinski definition) is 5. The highest BCUT2D eigenvalue weighted by molar-refractivity contribution is 7.89. The molecule has 3 heterocycles. The molecule has 3 aliphatic rings. The molecule has 0 saturated carbocycles. The molecule has 3 fully saturated rings. The highest BCUT2D eigenvalue weighted by atomic mass is 32.2. The van der Waals surface area contributed by atoms with E-state index in [9.17, 15) is 18.0 Å². The van der Waals surface area contributed by atoms with Gasteiger partial charge in [-0.15, -0.1) is 0 Å². The van der Waals surface area contributed by atoms with Crippen LogP contribution in [0.4, 0.5) is 0 Å². The fraction of sp³-hybridized carbons (Fsp3) is 0.636. The Labute approximate surface area is 184 Å². The number of ether oxygens (including phenoxy) is 1. The van der Waals surface area contributed by atoms with Gasteiger partial charge in [0.1, 0.15) is 6.10 Å². The Kier molecular flexibility index (Phi) is 6.64. The molecule has 31 heavy (non-hydrogen) atoms. The minimum Gasteiger partial charge on any atom is -0.368 e. The van der Waals surface area contributed by atoms with E-state index >= 15 is 0 Å². The van der Waals surface area contributed by atoms with Gasteiger partial charge in [0.25, 0.3) is 11.8 Å². The van der Waals surface area contributed by atoms with Gasteiger partial charge in [-0.1, -0.05) is 12.5 Å². The third kappa shape index (κ3) is 4.63. The lowest BCUT2D eigenvalue weighted by Crippen LogP contribution is -2.52. The van der Waals surface area contributed by atoms with Gasteiger partial charge in [-0.25, -0.2) is 8.42 Å². The Morgan fingerprint density at radius 3 is 2.26 bits per heavy atom. The second-order valence-corrected chi connectivity index (χ2v) is 10.5. The van der Waals surface area contributed by atoms with E-state index in [0.29, 0.717) is 57.0 Å². The van der Waals surface area contributed by atoms with Crippen LogP contribution in [0.3, 0.4) is 0 Å². The summed E-state index contributed by atoms with van der Waals surface area (Å²) in [7, 11) is -3.61. The molecule has 0 aliphatic carbocycles. The molecule has 4 rings (SSSR count). The molecule has 1 unspecified atom stereocenters. The van der Waals surface area contributed by atoms with Crippen LogP contribution in [0.2, 0.25) is 0 Å². The van der Waals surface area contributed by atoms with Crippen LogP contribution in [0.5, 0.6) is 0 Å². The summed E-state index contributed by atoms with van der Waals surface area (Å²) < 4.78 is 33.3. The molecule has 1 aromatic carbocycles. The molecular weight excluding hydrogens is 418 g/mol. The first-order valence-corrected chi connectivity index (χ1v) is 12.6. The number of amides is 2. The second kappa shape index (κ2) is 9.26. The maximum atomic E-state index is 13.1. The van der Waals surface area contributed by atoms with Gasteiger partial charge < -0.3 is 14.5 Å². The Hall–Kier alpha value is -1.97. The summed E-state index contributed by atoms with van der Waals surface area (Å²) in [6, 6.07) is 4.92. The van der Waals surface area contributed by atoms with Gasteiger partial charge in [0.2, 0.25) is 10.0 Å². The van der Waals surface area contributed by atoms with Crippen molar-refractivity contribution in [2.75, 3.05) is 45.9 Å². The number of carbonyl (C=O) groups is 2. The predicted molar refractivity (Wildman–Crippen MR) is 115 cm³/mol. The second-order valence-electron chi connectivity index (χ2n) is 8.56. The molecule has 0 N–H and O–H groups in total. The van der Waals surface area contributed by atoms with Gasteiger partial charge >= 0.3 is 0 Å². The van der Waals surface area contributed by atoms with E-state index in [4.69, 9.17) is 4.74 Å². The molecule has 0 aromatic heterocycles. The van der Waals surface area contributed by atoms with Gasteiger partial charge in [0.05, 0.1) is 4.90 Å². The number of rotatable bonds is 4. The molecule has 170 valence electrons. The maximum absolute atomic E-state index is 13.1. The van der Waals surface area contributed by atoms with Gasteiger partial charge in [-0.3, -0.25) is 9.59 Å². The Bertz CT molecular complexity index is 928. The fourth-order valence-corrected chi connectivity index (χ4v) is 6.31. The predicted octanol–water partition coefficient (Wildman–Crippen LogP) is 1.63. The molecule has 0 bridgehead atoms. The van der Waals surface area contributed by atoms with Crippen LogP contribution < -0.4 is 0 Å². The molecule has 0 radical (unpaired) electrons. The molecular formula is C22H31N3O5S. The van der Waals surface area contributed by atoms with Crippen molar-refractivity contribution in [1.82, 2.24) is 14.1 Å². The van der Waals surface area contributed by atoms with Crippen molar-refractivity contribution in [2.45, 2.75) is 50.0 Å². The van der Waals surface area contributed by atoms with Crippen LogP contribution in [0.1, 0.15) is 48.0 Å². The van der Waals surface area contributed by atoms with Crippen molar-refractivity contribution in [2.24, 2.45) is 0 Å². The number of aryl methyl sites for hydroxylation is 1. The van der Waals surface area contributed by atoms with E-state index < -0.39 is 10.0 Å². The smallest absolute Gasteiger partial charge is 0.254 e.